The highest BCUT2D eigenvalue weighted by Crippen LogP contribution is 2.42. The SMILES string of the molecule is CCOC(=O)c1cn(-c2cccc(-c3cccc4c3C(Nc3ccc(C5CCN(C(=O)O)CC5)cc3C)CO4)n2)nc1C. The summed E-state index contributed by atoms with van der Waals surface area (Å²) in [5.41, 5.74) is 7.19. The van der Waals surface area contributed by atoms with Crippen molar-refractivity contribution in [1.29, 1.82) is 0 Å². The fourth-order valence-corrected chi connectivity index (χ4v) is 6.01. The molecule has 2 aromatic heterocycles. The Bertz CT molecular complexity index is 1670. The van der Waals surface area contributed by atoms with Crippen molar-refractivity contribution in [2.24, 2.45) is 0 Å². The molecule has 43 heavy (non-hydrogen) atoms. The molecule has 6 rings (SSSR count). The summed E-state index contributed by atoms with van der Waals surface area (Å²) in [7, 11) is 0. The lowest BCUT2D eigenvalue weighted by atomic mass is 9.88. The van der Waals surface area contributed by atoms with Crippen LogP contribution in [-0.4, -0.2) is 63.1 Å². The number of pyridine rings is 1. The first-order valence-electron chi connectivity index (χ1n) is 14.6. The number of carbonyl (C=O) groups is 2. The minimum absolute atomic E-state index is 0.0811. The molecule has 10 heteroatoms. The lowest BCUT2D eigenvalue weighted by molar-refractivity contribution is 0.0525. The van der Waals surface area contributed by atoms with Crippen LogP contribution in [-0.2, 0) is 4.74 Å². The van der Waals surface area contributed by atoms with Crippen molar-refractivity contribution in [3.8, 4) is 22.8 Å². The lowest BCUT2D eigenvalue weighted by Gasteiger charge is -2.30. The van der Waals surface area contributed by atoms with E-state index >= 15 is 0 Å². The van der Waals surface area contributed by atoms with E-state index in [1.807, 2.05) is 36.4 Å². The highest BCUT2D eigenvalue weighted by Gasteiger charge is 2.29. The predicted octanol–water partition coefficient (Wildman–Crippen LogP) is 6.13. The molecule has 2 N–H and O–H groups in total. The predicted molar refractivity (Wildman–Crippen MR) is 162 cm³/mol. The molecular formula is C33H35N5O5. The summed E-state index contributed by atoms with van der Waals surface area (Å²) in [4.78, 5) is 30.0. The Labute approximate surface area is 250 Å². The van der Waals surface area contributed by atoms with Gasteiger partial charge in [0.15, 0.2) is 5.82 Å². The molecule has 0 aliphatic carbocycles. The summed E-state index contributed by atoms with van der Waals surface area (Å²) in [5.74, 6) is 1.37. The molecule has 1 unspecified atom stereocenters. The van der Waals surface area contributed by atoms with Crippen molar-refractivity contribution >= 4 is 17.7 Å². The molecule has 1 atom stereocenters. The third-order valence-electron chi connectivity index (χ3n) is 8.28. The Balaban J connectivity index is 1.24. The summed E-state index contributed by atoms with van der Waals surface area (Å²) < 4.78 is 12.9. The fourth-order valence-electron chi connectivity index (χ4n) is 6.01. The van der Waals surface area contributed by atoms with Gasteiger partial charge < -0.3 is 24.8 Å². The van der Waals surface area contributed by atoms with Gasteiger partial charge in [-0.25, -0.2) is 19.3 Å². The van der Waals surface area contributed by atoms with E-state index in [0.717, 1.165) is 46.7 Å². The second-order valence-electron chi connectivity index (χ2n) is 11.0. The molecule has 2 aromatic carbocycles. The van der Waals surface area contributed by atoms with Crippen LogP contribution in [0.2, 0.25) is 0 Å². The zero-order valence-electron chi connectivity index (χ0n) is 24.5. The number of fused-ring (bicyclic) bond motifs is 1. The zero-order chi connectivity index (χ0) is 30.1. The molecule has 2 aliphatic rings. The number of hydrogen-bond donors (Lipinski definition) is 2. The van der Waals surface area contributed by atoms with Crippen LogP contribution in [0.15, 0.2) is 60.8 Å². The number of nitrogens with one attached hydrogen (secondary N) is 1. The van der Waals surface area contributed by atoms with Gasteiger partial charge in [0.1, 0.15) is 17.9 Å². The molecule has 4 aromatic rings. The van der Waals surface area contributed by atoms with Crippen molar-refractivity contribution in [2.75, 3.05) is 31.6 Å². The number of likely N-dealkylation sites (tertiary alicyclic amines) is 1. The Morgan fingerprint density at radius 2 is 1.88 bits per heavy atom. The number of rotatable bonds is 7. The normalized spacial score (nSPS) is 16.4. The van der Waals surface area contributed by atoms with Crippen molar-refractivity contribution in [3.63, 3.8) is 0 Å². The molecule has 0 saturated carbocycles. The molecule has 0 radical (unpaired) electrons. The van der Waals surface area contributed by atoms with Crippen LogP contribution in [0.4, 0.5) is 10.5 Å². The Hall–Kier alpha value is -4.86. The maximum atomic E-state index is 12.3. The number of piperidine rings is 1. The number of hydrogen-bond acceptors (Lipinski definition) is 7. The Morgan fingerprint density at radius 3 is 2.63 bits per heavy atom. The number of carbonyl (C=O) groups excluding carboxylic acids is 1. The number of nitrogens with zero attached hydrogens (tertiary/aromatic N) is 4. The molecule has 222 valence electrons. The second-order valence-corrected chi connectivity index (χ2v) is 11.0. The monoisotopic (exact) mass is 581 g/mol. The van der Waals surface area contributed by atoms with E-state index < -0.39 is 12.1 Å². The smallest absolute Gasteiger partial charge is 0.407 e. The minimum Gasteiger partial charge on any atom is -0.491 e. The minimum atomic E-state index is -0.839. The number of aryl methyl sites for hydroxylation is 2. The Morgan fingerprint density at radius 1 is 1.09 bits per heavy atom. The standard InChI is InChI=1S/C33H35N5O5/c1-4-42-32(39)25-18-38(36-21(25)3)30-10-6-8-27(35-30)24-7-5-9-29-31(24)28(19-43-29)34-26-12-11-23(17-20(26)2)22-13-15-37(16-14-22)33(40)41/h5-12,17-18,22,28,34H,4,13-16,19H2,1-3H3,(H,40,41). The number of anilines is 1. The molecule has 10 nitrogen and oxygen atoms in total. The summed E-state index contributed by atoms with van der Waals surface area (Å²) in [6, 6.07) is 18.2. The molecule has 1 saturated heterocycles. The summed E-state index contributed by atoms with van der Waals surface area (Å²) in [6.07, 6.45) is 2.48. The van der Waals surface area contributed by atoms with Gasteiger partial charge >= 0.3 is 12.1 Å². The van der Waals surface area contributed by atoms with Gasteiger partial charge in [-0.1, -0.05) is 30.3 Å². The van der Waals surface area contributed by atoms with Crippen LogP contribution >= 0.6 is 0 Å². The number of aromatic nitrogens is 3. The average molecular weight is 582 g/mol. The number of carboxylic acid groups (broad SMARTS) is 1. The van der Waals surface area contributed by atoms with Gasteiger partial charge in [0, 0.05) is 36.1 Å². The molecule has 0 spiro atoms. The van der Waals surface area contributed by atoms with Gasteiger partial charge in [-0.05, 0) is 74.9 Å². The number of amides is 1. The number of benzene rings is 2. The van der Waals surface area contributed by atoms with E-state index in [1.54, 1.807) is 24.7 Å². The maximum absolute atomic E-state index is 12.3. The van der Waals surface area contributed by atoms with Crippen molar-refractivity contribution in [3.05, 3.63) is 88.7 Å². The van der Waals surface area contributed by atoms with E-state index in [1.165, 1.54) is 10.5 Å². The Kier molecular flexibility index (Phi) is 7.75. The maximum Gasteiger partial charge on any atom is 0.407 e. The second kappa shape index (κ2) is 11.8. The summed E-state index contributed by atoms with van der Waals surface area (Å²) in [6.45, 7) is 7.58. The van der Waals surface area contributed by atoms with Gasteiger partial charge in [0.05, 0.1) is 24.0 Å². The average Bonchev–Trinajstić information content (AvgIpc) is 3.62. The highest BCUT2D eigenvalue weighted by molar-refractivity contribution is 5.90. The number of ether oxygens (including phenoxy) is 2. The largest absolute Gasteiger partial charge is 0.491 e. The fraction of sp³-hybridized carbons (Fsp3) is 0.333. The van der Waals surface area contributed by atoms with Crippen LogP contribution in [0, 0.1) is 13.8 Å². The van der Waals surface area contributed by atoms with Crippen LogP contribution in [0.1, 0.15) is 64.5 Å². The topological polar surface area (TPSA) is 119 Å². The first kappa shape index (κ1) is 28.3. The van der Waals surface area contributed by atoms with Crippen LogP contribution < -0.4 is 10.1 Å². The van der Waals surface area contributed by atoms with Crippen LogP contribution in [0.5, 0.6) is 5.75 Å². The quantitative estimate of drug-likeness (QED) is 0.250. The van der Waals surface area contributed by atoms with Crippen LogP contribution in [0.25, 0.3) is 17.1 Å². The molecule has 4 heterocycles. The van der Waals surface area contributed by atoms with Gasteiger partial charge in [-0.3, -0.25) is 0 Å². The van der Waals surface area contributed by atoms with Crippen LogP contribution in [0.3, 0.4) is 0 Å². The summed E-state index contributed by atoms with van der Waals surface area (Å²) in [5, 5.41) is 17.5. The first-order chi connectivity index (χ1) is 20.8. The molecule has 1 fully saturated rings. The van der Waals surface area contributed by atoms with Gasteiger partial charge in [-0.2, -0.15) is 5.10 Å². The van der Waals surface area contributed by atoms with E-state index in [2.05, 4.69) is 35.5 Å². The van der Waals surface area contributed by atoms with E-state index in [-0.39, 0.29) is 6.04 Å². The van der Waals surface area contributed by atoms with Gasteiger partial charge in [-0.15, -0.1) is 0 Å². The first-order valence-corrected chi connectivity index (χ1v) is 14.6. The van der Waals surface area contributed by atoms with Gasteiger partial charge in [0.2, 0.25) is 0 Å². The molecule has 2 aliphatic heterocycles. The van der Waals surface area contributed by atoms with Gasteiger partial charge in [0.25, 0.3) is 0 Å². The molecule has 1 amide bonds. The number of esters is 1. The third-order valence-corrected chi connectivity index (χ3v) is 8.28. The third kappa shape index (κ3) is 5.64. The van der Waals surface area contributed by atoms with E-state index in [0.29, 0.717) is 49.3 Å². The van der Waals surface area contributed by atoms with Crippen molar-refractivity contribution < 1.29 is 24.2 Å². The van der Waals surface area contributed by atoms with E-state index in [9.17, 15) is 14.7 Å². The highest BCUT2D eigenvalue weighted by atomic mass is 16.5. The van der Waals surface area contributed by atoms with Crippen molar-refractivity contribution in [2.45, 2.75) is 45.6 Å². The summed E-state index contributed by atoms with van der Waals surface area (Å²) >= 11 is 0. The molecular weight excluding hydrogens is 546 g/mol. The lowest BCUT2D eigenvalue weighted by Crippen LogP contribution is -2.36. The molecule has 0 bridgehead atoms. The van der Waals surface area contributed by atoms with Crippen molar-refractivity contribution in [1.82, 2.24) is 19.7 Å². The zero-order valence-corrected chi connectivity index (χ0v) is 24.5. The van der Waals surface area contributed by atoms with E-state index in [4.69, 9.17) is 14.5 Å².